The lowest BCUT2D eigenvalue weighted by Gasteiger charge is -2.49. The number of carbonyl (C=O) groups excluding carboxylic acids is 4. The van der Waals surface area contributed by atoms with E-state index in [4.69, 9.17) is 20.0 Å². The Balaban J connectivity index is 1.08. The third-order valence-electron chi connectivity index (χ3n) is 8.96. The molecule has 2 unspecified atom stereocenters. The summed E-state index contributed by atoms with van der Waals surface area (Å²) in [6.45, 7) is -0.635. The first-order valence-electron chi connectivity index (χ1n) is 17.7. The summed E-state index contributed by atoms with van der Waals surface area (Å²) in [4.78, 5) is 66.0. The second-order valence-electron chi connectivity index (χ2n) is 12.8. The average molecular weight is 944 g/mol. The molecule has 0 saturated carbocycles. The molecule has 2 amide bonds. The van der Waals surface area contributed by atoms with Gasteiger partial charge >= 0.3 is 11.9 Å². The van der Waals surface area contributed by atoms with E-state index in [2.05, 4.69) is 47.3 Å². The van der Waals surface area contributed by atoms with Crippen LogP contribution < -0.4 is 11.1 Å². The van der Waals surface area contributed by atoms with Crippen molar-refractivity contribution < 1.29 is 33.5 Å². The average Bonchev–Trinajstić information content (AvgIpc) is 3.68. The van der Waals surface area contributed by atoms with E-state index in [1.165, 1.54) is 22.0 Å². The maximum atomic E-state index is 14.2. The number of carbonyl (C=O) groups is 4. The normalized spacial score (nSPS) is 16.3. The maximum absolute atomic E-state index is 14.2. The number of nitrogens with zero attached hydrogens (tertiary/aromatic N) is 3. The number of benzene rings is 4. The van der Waals surface area contributed by atoms with Crippen LogP contribution in [0.3, 0.4) is 0 Å². The molecule has 0 bridgehead atoms. The third kappa shape index (κ3) is 9.42. The van der Waals surface area contributed by atoms with E-state index in [0.717, 1.165) is 33.6 Å². The zero-order valence-electron chi connectivity index (χ0n) is 30.3. The minimum Gasteiger partial charge on any atom is -0.450 e. The highest BCUT2D eigenvalue weighted by atomic mass is 79.9. The molecule has 1 fully saturated rings. The Morgan fingerprint density at radius 3 is 1.84 bits per heavy atom. The number of β-lactam (4-membered cyclic amide) rings is 1. The quantitative estimate of drug-likeness (QED) is 0.0497. The summed E-state index contributed by atoms with van der Waals surface area (Å²) in [7, 11) is 0. The van der Waals surface area contributed by atoms with Gasteiger partial charge in [0.05, 0.1) is 3.39 Å². The van der Waals surface area contributed by atoms with Crippen molar-refractivity contribution >= 4 is 89.6 Å². The highest BCUT2D eigenvalue weighted by molar-refractivity contribution is 9.28. The minimum atomic E-state index is -1.05. The van der Waals surface area contributed by atoms with Crippen molar-refractivity contribution in [2.45, 2.75) is 23.6 Å². The van der Waals surface area contributed by atoms with Crippen LogP contribution in [0.25, 0.3) is 0 Å². The molecule has 4 aromatic carbocycles. The summed E-state index contributed by atoms with van der Waals surface area (Å²) in [5.74, 6) is -2.49. The molecule has 0 aliphatic carbocycles. The molecule has 2 aliphatic heterocycles. The number of nitrogens with one attached hydrogen (secondary N) is 1. The number of rotatable bonds is 14. The summed E-state index contributed by atoms with van der Waals surface area (Å²) in [5.41, 5.74) is 9.25. The fourth-order valence-electron chi connectivity index (χ4n) is 6.33. The Hall–Kier alpha value is -5.55. The van der Waals surface area contributed by atoms with Crippen molar-refractivity contribution in [3.8, 4) is 0 Å². The van der Waals surface area contributed by atoms with Crippen LogP contribution in [0.4, 0.5) is 5.13 Å². The highest BCUT2D eigenvalue weighted by Gasteiger charge is 2.55. The molecule has 0 spiro atoms. The van der Waals surface area contributed by atoms with E-state index < -0.39 is 54.0 Å². The molecule has 294 valence electrons. The van der Waals surface area contributed by atoms with Crippen LogP contribution in [-0.2, 0) is 33.5 Å². The monoisotopic (exact) mass is 941 g/mol. The van der Waals surface area contributed by atoms with Crippen molar-refractivity contribution in [3.05, 3.63) is 175 Å². The van der Waals surface area contributed by atoms with Gasteiger partial charge in [0, 0.05) is 11.1 Å². The number of halogens is 2. The summed E-state index contributed by atoms with van der Waals surface area (Å²) < 4.78 is 12.5. The molecule has 1 aromatic heterocycles. The van der Waals surface area contributed by atoms with Crippen molar-refractivity contribution in [1.29, 1.82) is 0 Å². The summed E-state index contributed by atoms with van der Waals surface area (Å²) in [6, 6.07) is 36.1. The Bertz CT molecular complexity index is 2300. The number of hydrogen-bond donors (Lipinski definition) is 2. The molecule has 5 aromatic rings. The number of esters is 2. The number of nitrogens with two attached hydrogens (primary N) is 1. The molecule has 3 N–H and O–H groups in total. The Kier molecular flexibility index (Phi) is 13.2. The predicted molar refractivity (Wildman–Crippen MR) is 229 cm³/mol. The molecule has 7 rings (SSSR count). The van der Waals surface area contributed by atoms with Crippen LogP contribution >= 0.6 is 55.0 Å². The largest absolute Gasteiger partial charge is 0.450 e. The van der Waals surface area contributed by atoms with E-state index in [0.29, 0.717) is 14.7 Å². The van der Waals surface area contributed by atoms with E-state index in [1.54, 1.807) is 6.08 Å². The van der Waals surface area contributed by atoms with Gasteiger partial charge in [-0.1, -0.05) is 126 Å². The van der Waals surface area contributed by atoms with E-state index >= 15 is 0 Å². The number of allylic oxidation sites excluding steroid dienone is 1. The summed E-state index contributed by atoms with van der Waals surface area (Å²) in [5, 5.41) is 7.71. The smallest absolute Gasteiger partial charge is 0.356 e. The molecular weight excluding hydrogens is 910 g/mol. The first kappa shape index (κ1) is 40.6. The number of thiazole rings is 1. The number of fused-ring (bicyclic) bond motifs is 1. The molecule has 2 aliphatic rings. The highest BCUT2D eigenvalue weighted by Crippen LogP contribution is 2.43. The molecule has 58 heavy (non-hydrogen) atoms. The van der Waals surface area contributed by atoms with Crippen LogP contribution in [0.15, 0.2) is 153 Å². The van der Waals surface area contributed by atoms with Gasteiger partial charge < -0.3 is 25.4 Å². The van der Waals surface area contributed by atoms with Gasteiger partial charge in [-0.2, -0.15) is 0 Å². The van der Waals surface area contributed by atoms with Gasteiger partial charge in [0.15, 0.2) is 23.1 Å². The number of ether oxygens (including phenoxy) is 2. The predicted octanol–water partition coefficient (Wildman–Crippen LogP) is 7.40. The van der Waals surface area contributed by atoms with Crippen molar-refractivity contribution in [1.82, 2.24) is 15.2 Å². The lowest BCUT2D eigenvalue weighted by atomic mass is 10.0. The molecule has 12 nitrogen and oxygen atoms in total. The van der Waals surface area contributed by atoms with Crippen LogP contribution in [0, 0.1) is 0 Å². The van der Waals surface area contributed by atoms with Crippen molar-refractivity contribution in [2.75, 3.05) is 18.1 Å². The minimum absolute atomic E-state index is 0.0554. The topological polar surface area (TPSA) is 163 Å². The Morgan fingerprint density at radius 1 is 0.845 bits per heavy atom. The molecule has 0 radical (unpaired) electrons. The molecule has 16 heteroatoms. The molecule has 1 saturated heterocycles. The van der Waals surface area contributed by atoms with Crippen LogP contribution in [0.2, 0.25) is 0 Å². The fourth-order valence-corrected chi connectivity index (χ4v) is 8.74. The molecular formula is C42H33Br2N5O7S2. The molecule has 3 heterocycles. The van der Waals surface area contributed by atoms with Gasteiger partial charge in [0.1, 0.15) is 22.8 Å². The van der Waals surface area contributed by atoms with E-state index in [1.807, 2.05) is 121 Å². The van der Waals surface area contributed by atoms with Crippen LogP contribution in [-0.4, -0.2) is 63.1 Å². The SMILES string of the molecule is Nc1nc(/C(=N\OCC(=O)OC(c2ccccc2)c2ccccc2)C(=O)NC2C(=O)N3C(C(=O)OC(c4ccccc4)c4ccccc4)=C(C=C(Br)Br)CSC23)cs1. The van der Waals surface area contributed by atoms with Gasteiger partial charge in [-0.15, -0.1) is 23.1 Å². The Labute approximate surface area is 358 Å². The second-order valence-corrected chi connectivity index (χ2v) is 17.5. The number of hydrogen-bond acceptors (Lipinski definition) is 12. The molecule has 2 atom stereocenters. The maximum Gasteiger partial charge on any atom is 0.356 e. The van der Waals surface area contributed by atoms with Crippen molar-refractivity contribution in [3.63, 3.8) is 0 Å². The van der Waals surface area contributed by atoms with Gasteiger partial charge in [0.2, 0.25) is 6.61 Å². The first-order chi connectivity index (χ1) is 28.2. The van der Waals surface area contributed by atoms with E-state index in [9.17, 15) is 19.2 Å². The lowest BCUT2D eigenvalue weighted by Crippen LogP contribution is -2.71. The summed E-state index contributed by atoms with van der Waals surface area (Å²) >= 11 is 9.19. The number of thioether (sulfide) groups is 1. The zero-order valence-corrected chi connectivity index (χ0v) is 35.1. The van der Waals surface area contributed by atoms with E-state index in [-0.39, 0.29) is 22.2 Å². The third-order valence-corrected chi connectivity index (χ3v) is 11.4. The van der Waals surface area contributed by atoms with Gasteiger partial charge in [-0.05, 0) is 65.8 Å². The number of nitrogen functional groups attached to an aromatic ring is 1. The zero-order chi connectivity index (χ0) is 40.6. The van der Waals surface area contributed by atoms with Gasteiger partial charge in [-0.25, -0.2) is 14.6 Å². The first-order valence-corrected chi connectivity index (χ1v) is 21.2. The number of amides is 2. The lowest BCUT2D eigenvalue weighted by molar-refractivity contribution is -0.154. The van der Waals surface area contributed by atoms with Gasteiger partial charge in [-0.3, -0.25) is 14.5 Å². The number of oxime groups is 1. The summed E-state index contributed by atoms with van der Waals surface area (Å²) in [6.07, 6.45) is 0.222. The standard InChI is InChI=1S/C42H33Br2N5O7S2/c43-31(44)21-29-23-57-40-34(39(52)49(40)35(29)41(53)56-37(27-17-9-3-10-18-27)28-19-11-4-12-20-28)47-38(51)33(30-24-58-42(45)46-30)48-54-22-32(50)55-36(25-13-5-1-6-14-25)26-15-7-2-8-16-26/h1-21,24,34,36-37,40H,22-23H2,(H2,45,46)(H,47,51)/b48-33+. The fraction of sp³-hybridized carbons (Fsp3) is 0.143. The second kappa shape index (κ2) is 18.8. The van der Waals surface area contributed by atoms with Crippen LogP contribution in [0.1, 0.15) is 40.2 Å². The number of aromatic nitrogens is 1. The number of anilines is 1. The van der Waals surface area contributed by atoms with Crippen LogP contribution in [0.5, 0.6) is 0 Å². The Morgan fingerprint density at radius 2 is 1.36 bits per heavy atom. The van der Waals surface area contributed by atoms with Gasteiger partial charge in [0.25, 0.3) is 11.8 Å². The van der Waals surface area contributed by atoms with Crippen molar-refractivity contribution in [2.24, 2.45) is 5.16 Å².